The number of nitrogens with one attached hydrogen (secondary N) is 1. The van der Waals surface area contributed by atoms with Crippen molar-refractivity contribution in [2.24, 2.45) is 5.92 Å². The quantitative estimate of drug-likeness (QED) is 0.349. The van der Waals surface area contributed by atoms with E-state index in [2.05, 4.69) is 32.1 Å². The molecule has 0 saturated heterocycles. The molecule has 0 spiro atoms. The van der Waals surface area contributed by atoms with E-state index in [1.807, 2.05) is 0 Å². The molecule has 2 aromatic rings. The van der Waals surface area contributed by atoms with Gasteiger partial charge in [-0.1, -0.05) is 23.4 Å². The van der Waals surface area contributed by atoms with Gasteiger partial charge in [-0.25, -0.2) is 0 Å². The average molecular weight is 420 g/mol. The van der Waals surface area contributed by atoms with Crippen LogP contribution in [0.15, 0.2) is 12.3 Å². The number of methoxy groups -OCH3 is 1. The van der Waals surface area contributed by atoms with Gasteiger partial charge in [0.2, 0.25) is 5.95 Å². The first-order valence-corrected chi connectivity index (χ1v) is 9.31. The minimum absolute atomic E-state index is 0.0414. The normalized spacial score (nSPS) is 23.4. The van der Waals surface area contributed by atoms with Gasteiger partial charge in [-0.3, -0.25) is 4.98 Å². The fraction of sp³-hybridized carbons (Fsp3) is 0.421. The highest BCUT2D eigenvalue weighted by Crippen LogP contribution is 2.31. The number of nitrogens with two attached hydrogens (primary N) is 1. The van der Waals surface area contributed by atoms with Crippen LogP contribution in [0, 0.1) is 24.7 Å². The third kappa shape index (κ3) is 4.36. The Bertz CT molecular complexity index is 962. The van der Waals surface area contributed by atoms with Crippen LogP contribution >= 0.6 is 11.6 Å². The number of aliphatic hydroxyl groups is 3. The van der Waals surface area contributed by atoms with Crippen molar-refractivity contribution < 1.29 is 20.1 Å². The first kappa shape index (κ1) is 21.1. The topological polar surface area (TPSA) is 147 Å². The molecule has 1 aliphatic carbocycles. The minimum Gasteiger partial charge on any atom is -0.495 e. The second kappa shape index (κ2) is 8.80. The molecule has 2 heterocycles. The number of aromatic nitrogens is 3. The van der Waals surface area contributed by atoms with E-state index in [1.54, 1.807) is 19.2 Å². The molecule has 6 N–H and O–H groups in total. The molecule has 1 fully saturated rings. The molecule has 0 radical (unpaired) electrons. The summed E-state index contributed by atoms with van der Waals surface area (Å²) in [6.07, 6.45) is -0.189. The largest absolute Gasteiger partial charge is 0.495 e. The number of anilines is 2. The maximum absolute atomic E-state index is 10.3. The lowest BCUT2D eigenvalue weighted by molar-refractivity contribution is 0.00445. The van der Waals surface area contributed by atoms with Gasteiger partial charge >= 0.3 is 0 Å². The molecule has 29 heavy (non-hydrogen) atoms. The lowest BCUT2D eigenvalue weighted by Gasteiger charge is -2.19. The van der Waals surface area contributed by atoms with Crippen LogP contribution in [0.4, 0.5) is 11.8 Å². The van der Waals surface area contributed by atoms with Crippen LogP contribution in [0.25, 0.3) is 0 Å². The second-order valence-corrected chi connectivity index (χ2v) is 7.09. The van der Waals surface area contributed by atoms with Gasteiger partial charge in [-0.15, -0.1) is 0 Å². The molecule has 1 saturated carbocycles. The minimum atomic E-state index is -1.09. The fourth-order valence-corrected chi connectivity index (χ4v) is 3.50. The lowest BCUT2D eigenvalue weighted by Crippen LogP contribution is -2.35. The standard InChI is InChI=1S/C19H22ClN5O4/c1-9-11(14(29-2)5-6-22-9)3-4-12-17(20)24-19(21)25-18(12)23-13-7-10(8-26)15(27)16(13)28/h5-6,10,13,15-16,26-28H,7-8H2,1-2H3,(H3,21,23,24,25)/t10-,13-,15-,16+/m1/s1. The zero-order valence-electron chi connectivity index (χ0n) is 15.9. The highest BCUT2D eigenvalue weighted by Gasteiger charge is 2.41. The highest BCUT2D eigenvalue weighted by atomic mass is 35.5. The zero-order chi connectivity index (χ0) is 21.1. The highest BCUT2D eigenvalue weighted by molar-refractivity contribution is 6.31. The molecule has 0 bridgehead atoms. The smallest absolute Gasteiger partial charge is 0.223 e. The molecule has 4 atom stereocenters. The molecule has 154 valence electrons. The van der Waals surface area contributed by atoms with E-state index < -0.39 is 24.2 Å². The third-order valence-corrected chi connectivity index (χ3v) is 5.15. The third-order valence-electron chi connectivity index (χ3n) is 4.88. The molecular formula is C19H22ClN5O4. The molecule has 9 nitrogen and oxygen atoms in total. The molecule has 10 heteroatoms. The van der Waals surface area contributed by atoms with E-state index in [-0.39, 0.29) is 29.1 Å². The Labute approximate surface area is 172 Å². The van der Waals surface area contributed by atoms with Gasteiger partial charge in [0.25, 0.3) is 0 Å². The molecule has 1 aliphatic rings. The van der Waals surface area contributed by atoms with Gasteiger partial charge in [0.15, 0.2) is 5.15 Å². The Kier molecular flexibility index (Phi) is 6.39. The van der Waals surface area contributed by atoms with Crippen molar-refractivity contribution in [1.82, 2.24) is 15.0 Å². The van der Waals surface area contributed by atoms with Gasteiger partial charge in [0.1, 0.15) is 23.2 Å². The number of hydrogen-bond acceptors (Lipinski definition) is 9. The summed E-state index contributed by atoms with van der Waals surface area (Å²) in [5.74, 6) is 6.18. The van der Waals surface area contributed by atoms with Gasteiger partial charge in [-0.05, 0) is 19.4 Å². The number of ether oxygens (including phenoxy) is 1. The van der Waals surface area contributed by atoms with Crippen LogP contribution in [-0.4, -0.2) is 62.2 Å². The summed E-state index contributed by atoms with van der Waals surface area (Å²) < 4.78 is 5.32. The van der Waals surface area contributed by atoms with Gasteiger partial charge in [0.05, 0.1) is 30.5 Å². The first-order chi connectivity index (χ1) is 13.8. The molecule has 2 aromatic heterocycles. The van der Waals surface area contributed by atoms with E-state index in [0.29, 0.717) is 23.4 Å². The van der Waals surface area contributed by atoms with Crippen molar-refractivity contribution in [1.29, 1.82) is 0 Å². The summed E-state index contributed by atoms with van der Waals surface area (Å²) in [7, 11) is 1.54. The maximum Gasteiger partial charge on any atom is 0.223 e. The molecule has 0 aromatic carbocycles. The molecular weight excluding hydrogens is 398 g/mol. The Morgan fingerprint density at radius 3 is 2.66 bits per heavy atom. The summed E-state index contributed by atoms with van der Waals surface area (Å²) in [6, 6.07) is 1.13. The number of hydrogen-bond donors (Lipinski definition) is 5. The van der Waals surface area contributed by atoms with E-state index in [1.165, 1.54) is 7.11 Å². The zero-order valence-corrected chi connectivity index (χ0v) is 16.7. The van der Waals surface area contributed by atoms with Crippen molar-refractivity contribution in [3.8, 4) is 17.6 Å². The number of aryl methyl sites for hydroxylation is 1. The summed E-state index contributed by atoms with van der Waals surface area (Å²) >= 11 is 6.25. The van der Waals surface area contributed by atoms with Crippen molar-refractivity contribution >= 4 is 23.4 Å². The predicted octanol–water partition coefficient (Wildman–Crippen LogP) is 0.339. The predicted molar refractivity (Wildman–Crippen MR) is 108 cm³/mol. The van der Waals surface area contributed by atoms with Gasteiger partial charge in [-0.2, -0.15) is 9.97 Å². The number of halogens is 1. The van der Waals surface area contributed by atoms with Gasteiger partial charge < -0.3 is 31.1 Å². The molecule has 0 unspecified atom stereocenters. The summed E-state index contributed by atoms with van der Waals surface area (Å²) in [6.45, 7) is 1.56. The van der Waals surface area contributed by atoms with Gasteiger partial charge in [0, 0.05) is 18.7 Å². The summed E-state index contributed by atoms with van der Waals surface area (Å²) in [5, 5.41) is 32.7. The molecule has 3 rings (SSSR count). The Hall–Kier alpha value is -2.64. The summed E-state index contributed by atoms with van der Waals surface area (Å²) in [5.41, 5.74) is 7.26. The van der Waals surface area contributed by atoms with Crippen molar-refractivity contribution in [3.05, 3.63) is 34.2 Å². The number of nitrogens with zero attached hydrogens (tertiary/aromatic N) is 3. The maximum atomic E-state index is 10.3. The number of aliphatic hydroxyl groups excluding tert-OH is 3. The van der Waals surface area contributed by atoms with E-state index in [4.69, 9.17) is 22.1 Å². The van der Waals surface area contributed by atoms with Crippen LogP contribution in [0.1, 0.15) is 23.2 Å². The van der Waals surface area contributed by atoms with Crippen LogP contribution < -0.4 is 15.8 Å². The molecule has 0 aliphatic heterocycles. The van der Waals surface area contributed by atoms with E-state index in [9.17, 15) is 15.3 Å². The van der Waals surface area contributed by atoms with Crippen molar-refractivity contribution in [2.75, 3.05) is 24.8 Å². The Morgan fingerprint density at radius 1 is 1.28 bits per heavy atom. The van der Waals surface area contributed by atoms with Crippen LogP contribution in [0.3, 0.4) is 0 Å². The van der Waals surface area contributed by atoms with E-state index in [0.717, 1.165) is 0 Å². The fourth-order valence-electron chi connectivity index (χ4n) is 3.28. The van der Waals surface area contributed by atoms with Crippen LogP contribution in [0.5, 0.6) is 5.75 Å². The molecule has 0 amide bonds. The lowest BCUT2D eigenvalue weighted by atomic mass is 10.1. The Balaban J connectivity index is 1.98. The average Bonchev–Trinajstić information content (AvgIpc) is 2.95. The SMILES string of the molecule is COc1ccnc(C)c1C#Cc1c(Cl)nc(N)nc1N[C@@H]1C[C@H](CO)[C@@H](O)[C@H]1O. The number of rotatable bonds is 4. The van der Waals surface area contributed by atoms with E-state index >= 15 is 0 Å². The summed E-state index contributed by atoms with van der Waals surface area (Å²) in [4.78, 5) is 12.3. The first-order valence-electron chi connectivity index (χ1n) is 8.93. The van der Waals surface area contributed by atoms with Crippen molar-refractivity contribution in [2.45, 2.75) is 31.6 Å². The number of nitrogen functional groups attached to an aromatic ring is 1. The second-order valence-electron chi connectivity index (χ2n) is 6.73. The van der Waals surface area contributed by atoms with Crippen LogP contribution in [0.2, 0.25) is 5.15 Å². The van der Waals surface area contributed by atoms with Crippen molar-refractivity contribution in [3.63, 3.8) is 0 Å². The monoisotopic (exact) mass is 419 g/mol. The number of pyridine rings is 1. The van der Waals surface area contributed by atoms with Crippen LogP contribution in [-0.2, 0) is 0 Å². The Morgan fingerprint density at radius 2 is 2.00 bits per heavy atom.